The summed E-state index contributed by atoms with van der Waals surface area (Å²) in [5.41, 5.74) is 1.65. The minimum Gasteiger partial charge on any atom is -0.377 e. The number of aliphatic imine (C=N–C) groups is 1. The van der Waals surface area contributed by atoms with E-state index < -0.39 is 0 Å². The Hall–Kier alpha value is -1.49. The van der Waals surface area contributed by atoms with E-state index in [0.29, 0.717) is 23.5 Å². The summed E-state index contributed by atoms with van der Waals surface area (Å²) in [5.74, 6) is 1.60. The molecule has 126 valence electrons. The molecule has 1 aliphatic heterocycles. The Morgan fingerprint density at radius 2 is 2.26 bits per heavy atom. The monoisotopic (exact) mass is 316 g/mol. The van der Waals surface area contributed by atoms with Crippen molar-refractivity contribution in [1.29, 1.82) is 0 Å². The van der Waals surface area contributed by atoms with Crippen molar-refractivity contribution in [3.8, 4) is 0 Å². The van der Waals surface area contributed by atoms with Crippen molar-refractivity contribution in [1.82, 2.24) is 15.2 Å². The summed E-state index contributed by atoms with van der Waals surface area (Å²) in [4.78, 5) is 4.45. The van der Waals surface area contributed by atoms with Gasteiger partial charge in [-0.1, -0.05) is 12.8 Å². The first kappa shape index (κ1) is 15.1. The van der Waals surface area contributed by atoms with E-state index in [-0.39, 0.29) is 0 Å². The number of fused-ring (bicyclic) bond motifs is 2. The van der Waals surface area contributed by atoms with Crippen LogP contribution in [-0.4, -0.2) is 36.3 Å². The van der Waals surface area contributed by atoms with E-state index in [1.807, 2.05) is 7.05 Å². The predicted octanol–water partition coefficient (Wildman–Crippen LogP) is 2.04. The van der Waals surface area contributed by atoms with Gasteiger partial charge in [-0.15, -0.1) is 0 Å². The Labute approximate surface area is 138 Å². The molecule has 1 aromatic rings. The first-order valence-electron chi connectivity index (χ1n) is 8.92. The van der Waals surface area contributed by atoms with Crippen LogP contribution in [0, 0.1) is 11.3 Å². The van der Waals surface area contributed by atoms with Gasteiger partial charge in [0.15, 0.2) is 5.96 Å². The minimum absolute atomic E-state index is 0.367. The minimum atomic E-state index is 0.367. The van der Waals surface area contributed by atoms with E-state index in [1.54, 1.807) is 0 Å². The number of rotatable bonds is 3. The number of nitrogens with one attached hydrogen (secondary N) is 2. The zero-order chi connectivity index (χ0) is 15.9. The summed E-state index contributed by atoms with van der Waals surface area (Å²) in [6, 6.07) is 2.67. The van der Waals surface area contributed by atoms with E-state index in [9.17, 15) is 0 Å². The summed E-state index contributed by atoms with van der Waals surface area (Å²) >= 11 is 0. The van der Waals surface area contributed by atoms with Crippen LogP contribution in [-0.2, 0) is 18.3 Å². The van der Waals surface area contributed by atoms with Gasteiger partial charge in [0.2, 0.25) is 0 Å². The molecular formula is C18H28N4O. The molecule has 2 aliphatic carbocycles. The fourth-order valence-electron chi connectivity index (χ4n) is 5.10. The summed E-state index contributed by atoms with van der Waals surface area (Å²) in [6.45, 7) is 1.75. The van der Waals surface area contributed by atoms with Gasteiger partial charge >= 0.3 is 0 Å². The predicted molar refractivity (Wildman–Crippen MR) is 91.3 cm³/mol. The molecule has 0 amide bonds. The van der Waals surface area contributed by atoms with Gasteiger partial charge in [0.25, 0.3) is 0 Å². The Morgan fingerprint density at radius 3 is 2.96 bits per heavy atom. The van der Waals surface area contributed by atoms with Crippen LogP contribution in [0.5, 0.6) is 0 Å². The quantitative estimate of drug-likeness (QED) is 0.663. The second kappa shape index (κ2) is 5.86. The number of hydrogen-bond acceptors (Lipinski definition) is 2. The maximum Gasteiger partial charge on any atom is 0.191 e. The van der Waals surface area contributed by atoms with Crippen molar-refractivity contribution in [2.45, 2.75) is 50.8 Å². The average molecular weight is 316 g/mol. The molecular weight excluding hydrogens is 288 g/mol. The first-order chi connectivity index (χ1) is 11.2. The number of guanidine groups is 1. The molecule has 3 atom stereocenters. The Bertz CT molecular complexity index is 588. The molecule has 23 heavy (non-hydrogen) atoms. The Balaban J connectivity index is 1.41. The lowest BCUT2D eigenvalue weighted by Crippen LogP contribution is -2.69. The van der Waals surface area contributed by atoms with Crippen LogP contribution >= 0.6 is 0 Å². The zero-order valence-electron chi connectivity index (χ0n) is 14.2. The van der Waals surface area contributed by atoms with Gasteiger partial charge in [0, 0.05) is 57.0 Å². The molecule has 2 heterocycles. The topological polar surface area (TPSA) is 50.6 Å². The highest BCUT2D eigenvalue weighted by atomic mass is 16.5. The standard InChI is InChI=1S/C18H28N4O/c1-19-17(20-11-13-5-9-22(2)12-13)21-15-14-6-10-23-16(14)18(15)7-3-4-8-18/h5,9,12,14-16H,3-4,6-8,10-11H2,1-2H3,(H2,19,20,21). The molecule has 3 fully saturated rings. The molecule has 3 aliphatic rings. The first-order valence-corrected chi connectivity index (χ1v) is 8.92. The molecule has 2 N–H and O–H groups in total. The maximum atomic E-state index is 6.06. The largest absolute Gasteiger partial charge is 0.377 e. The van der Waals surface area contributed by atoms with Gasteiger partial charge in [-0.2, -0.15) is 0 Å². The molecule has 3 unspecified atom stereocenters. The lowest BCUT2D eigenvalue weighted by molar-refractivity contribution is -0.125. The highest BCUT2D eigenvalue weighted by Crippen LogP contribution is 2.60. The normalized spacial score (nSPS) is 31.9. The van der Waals surface area contributed by atoms with Gasteiger partial charge in [-0.05, 0) is 30.9 Å². The summed E-state index contributed by atoms with van der Waals surface area (Å²) in [5, 5.41) is 7.21. The number of aryl methyl sites for hydroxylation is 1. The highest BCUT2D eigenvalue weighted by molar-refractivity contribution is 5.80. The van der Waals surface area contributed by atoms with Gasteiger partial charge in [0.1, 0.15) is 0 Å². The summed E-state index contributed by atoms with van der Waals surface area (Å²) < 4.78 is 8.14. The highest BCUT2D eigenvalue weighted by Gasteiger charge is 2.65. The van der Waals surface area contributed by atoms with Crippen molar-refractivity contribution in [2.24, 2.45) is 23.4 Å². The van der Waals surface area contributed by atoms with Crippen LogP contribution in [0.25, 0.3) is 0 Å². The molecule has 0 bridgehead atoms. The van der Waals surface area contributed by atoms with Gasteiger partial charge < -0.3 is 19.9 Å². The van der Waals surface area contributed by atoms with E-state index in [1.165, 1.54) is 37.7 Å². The van der Waals surface area contributed by atoms with E-state index >= 15 is 0 Å². The zero-order valence-corrected chi connectivity index (χ0v) is 14.2. The second-order valence-corrected chi connectivity index (χ2v) is 7.42. The van der Waals surface area contributed by atoms with Crippen LogP contribution < -0.4 is 10.6 Å². The summed E-state index contributed by atoms with van der Waals surface area (Å²) in [7, 11) is 3.91. The molecule has 0 aromatic carbocycles. The number of aromatic nitrogens is 1. The van der Waals surface area contributed by atoms with Gasteiger partial charge in [0.05, 0.1) is 6.10 Å². The lowest BCUT2D eigenvalue weighted by atomic mass is 9.54. The molecule has 1 spiro atoms. The van der Waals surface area contributed by atoms with Crippen molar-refractivity contribution in [3.05, 3.63) is 24.0 Å². The molecule has 1 saturated heterocycles. The van der Waals surface area contributed by atoms with Crippen LogP contribution in [0.1, 0.15) is 37.7 Å². The van der Waals surface area contributed by atoms with Gasteiger partial charge in [-0.25, -0.2) is 0 Å². The molecule has 5 heteroatoms. The number of nitrogens with zero attached hydrogens (tertiary/aromatic N) is 2. The third-order valence-electron chi connectivity index (χ3n) is 6.16. The smallest absolute Gasteiger partial charge is 0.191 e. The van der Waals surface area contributed by atoms with Gasteiger partial charge in [-0.3, -0.25) is 4.99 Å². The molecule has 5 nitrogen and oxygen atoms in total. The maximum absolute atomic E-state index is 6.06. The SMILES string of the molecule is CN=C(NCc1ccn(C)c1)NC1C2CCOC2C12CCCC2. The van der Waals surface area contributed by atoms with E-state index in [4.69, 9.17) is 4.74 Å². The Kier molecular flexibility index (Phi) is 3.84. The molecule has 4 rings (SSSR count). The van der Waals surface area contributed by atoms with Crippen LogP contribution in [0.15, 0.2) is 23.5 Å². The third kappa shape index (κ3) is 2.45. The number of hydrogen-bond donors (Lipinski definition) is 2. The second-order valence-electron chi connectivity index (χ2n) is 7.42. The number of ether oxygens (including phenoxy) is 1. The van der Waals surface area contributed by atoms with Crippen molar-refractivity contribution in [3.63, 3.8) is 0 Å². The van der Waals surface area contributed by atoms with Crippen molar-refractivity contribution < 1.29 is 4.74 Å². The van der Waals surface area contributed by atoms with E-state index in [2.05, 4.69) is 45.7 Å². The molecule has 2 saturated carbocycles. The van der Waals surface area contributed by atoms with Crippen molar-refractivity contribution in [2.75, 3.05) is 13.7 Å². The molecule has 0 radical (unpaired) electrons. The third-order valence-corrected chi connectivity index (χ3v) is 6.16. The lowest BCUT2D eigenvalue weighted by Gasteiger charge is -2.57. The average Bonchev–Trinajstić information content (AvgIpc) is 3.26. The van der Waals surface area contributed by atoms with Crippen LogP contribution in [0.3, 0.4) is 0 Å². The van der Waals surface area contributed by atoms with E-state index in [0.717, 1.165) is 19.1 Å². The molecule has 1 aromatic heterocycles. The summed E-state index contributed by atoms with van der Waals surface area (Å²) in [6.07, 6.45) is 11.2. The fourth-order valence-corrected chi connectivity index (χ4v) is 5.10. The van der Waals surface area contributed by atoms with Crippen LogP contribution in [0.4, 0.5) is 0 Å². The van der Waals surface area contributed by atoms with Crippen LogP contribution in [0.2, 0.25) is 0 Å². The Morgan fingerprint density at radius 1 is 1.43 bits per heavy atom. The fraction of sp³-hybridized carbons (Fsp3) is 0.722. The van der Waals surface area contributed by atoms with Crippen molar-refractivity contribution >= 4 is 5.96 Å².